The molecule has 0 unspecified atom stereocenters. The second-order valence-corrected chi connectivity index (χ2v) is 4.78. The maximum absolute atomic E-state index is 11.8. The molecule has 3 N–H and O–H groups in total. The highest BCUT2D eigenvalue weighted by Crippen LogP contribution is 2.08. The quantitative estimate of drug-likeness (QED) is 0.803. The molecular weight excluding hydrogens is 252 g/mol. The minimum atomic E-state index is -0.348. The minimum Gasteiger partial charge on any atom is -0.399 e. The largest absolute Gasteiger partial charge is 0.399 e. The smallest absolute Gasteiger partial charge is 0.224 e. The lowest BCUT2D eigenvalue weighted by atomic mass is 10.1. The van der Waals surface area contributed by atoms with Gasteiger partial charge in [0.1, 0.15) is 0 Å². The van der Waals surface area contributed by atoms with Crippen molar-refractivity contribution in [2.75, 3.05) is 19.5 Å². The van der Waals surface area contributed by atoms with Gasteiger partial charge in [0, 0.05) is 12.8 Å². The zero-order chi connectivity index (χ0) is 12.9. The monoisotopic (exact) mass is 272 g/mol. The Bertz CT molecular complexity index is 377. The summed E-state index contributed by atoms with van der Waals surface area (Å²) in [4.78, 5) is 11.8. The van der Waals surface area contributed by atoms with E-state index in [1.165, 1.54) is 0 Å². The Kier molecular flexibility index (Phi) is 6.73. The number of carbonyl (C=O) groups is 1. The SMILES string of the molecule is COCC(C)(C)NC(=O)Cc1ccc(N)cc1.Cl. The summed E-state index contributed by atoms with van der Waals surface area (Å²) in [6.07, 6.45) is 0.355. The predicted molar refractivity (Wildman–Crippen MR) is 75.9 cm³/mol. The number of hydrogen-bond acceptors (Lipinski definition) is 3. The average Bonchev–Trinajstić information content (AvgIpc) is 2.20. The molecule has 4 nitrogen and oxygen atoms in total. The van der Waals surface area contributed by atoms with Gasteiger partial charge in [0.05, 0.1) is 18.6 Å². The molecule has 0 aliphatic heterocycles. The van der Waals surface area contributed by atoms with E-state index in [1.54, 1.807) is 19.2 Å². The molecule has 1 aromatic rings. The number of hydrogen-bond donors (Lipinski definition) is 2. The zero-order valence-electron chi connectivity index (χ0n) is 11.0. The first kappa shape index (κ1) is 16.7. The van der Waals surface area contributed by atoms with Crippen molar-refractivity contribution in [3.05, 3.63) is 29.8 Å². The Morgan fingerprint density at radius 2 is 1.89 bits per heavy atom. The second kappa shape index (κ2) is 7.24. The molecule has 0 atom stereocenters. The van der Waals surface area contributed by atoms with Gasteiger partial charge < -0.3 is 15.8 Å². The van der Waals surface area contributed by atoms with Crippen LogP contribution in [-0.2, 0) is 16.0 Å². The normalized spacial score (nSPS) is 10.6. The van der Waals surface area contributed by atoms with E-state index in [2.05, 4.69) is 5.32 Å². The average molecular weight is 273 g/mol. The van der Waals surface area contributed by atoms with Crippen LogP contribution in [0.4, 0.5) is 5.69 Å². The molecule has 18 heavy (non-hydrogen) atoms. The van der Waals surface area contributed by atoms with Crippen LogP contribution in [0.2, 0.25) is 0 Å². The fourth-order valence-corrected chi connectivity index (χ4v) is 1.64. The first-order valence-corrected chi connectivity index (χ1v) is 5.57. The number of methoxy groups -OCH3 is 1. The minimum absolute atomic E-state index is 0. The Balaban J connectivity index is 0.00000289. The van der Waals surface area contributed by atoms with E-state index in [4.69, 9.17) is 10.5 Å². The van der Waals surface area contributed by atoms with E-state index in [9.17, 15) is 4.79 Å². The molecule has 0 heterocycles. The molecule has 0 aliphatic rings. The second-order valence-electron chi connectivity index (χ2n) is 4.78. The molecule has 1 rings (SSSR count). The third-order valence-electron chi connectivity index (χ3n) is 2.33. The maximum Gasteiger partial charge on any atom is 0.224 e. The highest BCUT2D eigenvalue weighted by molar-refractivity contribution is 5.85. The lowest BCUT2D eigenvalue weighted by Crippen LogP contribution is -2.47. The fourth-order valence-electron chi connectivity index (χ4n) is 1.64. The van der Waals surface area contributed by atoms with E-state index in [-0.39, 0.29) is 23.9 Å². The van der Waals surface area contributed by atoms with E-state index >= 15 is 0 Å². The summed E-state index contributed by atoms with van der Waals surface area (Å²) in [6.45, 7) is 4.34. The molecule has 0 radical (unpaired) electrons. The van der Waals surface area contributed by atoms with Gasteiger partial charge in [-0.1, -0.05) is 12.1 Å². The van der Waals surface area contributed by atoms with Crippen LogP contribution in [0.3, 0.4) is 0 Å². The molecule has 0 fully saturated rings. The van der Waals surface area contributed by atoms with E-state index in [1.807, 2.05) is 26.0 Å². The standard InChI is InChI=1S/C13H20N2O2.ClH/c1-13(2,9-17-3)15-12(16)8-10-4-6-11(14)7-5-10;/h4-7H,8-9,14H2,1-3H3,(H,15,16);1H. The van der Waals surface area contributed by atoms with Crippen molar-refractivity contribution in [2.24, 2.45) is 0 Å². The lowest BCUT2D eigenvalue weighted by Gasteiger charge is -2.25. The summed E-state index contributed by atoms with van der Waals surface area (Å²) < 4.78 is 5.04. The van der Waals surface area contributed by atoms with Crippen LogP contribution in [0.1, 0.15) is 19.4 Å². The Morgan fingerprint density at radius 1 is 1.33 bits per heavy atom. The lowest BCUT2D eigenvalue weighted by molar-refractivity contribution is -0.122. The highest BCUT2D eigenvalue weighted by atomic mass is 35.5. The first-order valence-electron chi connectivity index (χ1n) is 5.57. The van der Waals surface area contributed by atoms with Gasteiger partial charge in [0.2, 0.25) is 5.91 Å². The molecule has 0 saturated carbocycles. The van der Waals surface area contributed by atoms with Crippen molar-refractivity contribution in [2.45, 2.75) is 25.8 Å². The number of anilines is 1. The van der Waals surface area contributed by atoms with E-state index in [0.29, 0.717) is 18.7 Å². The van der Waals surface area contributed by atoms with Gasteiger partial charge in [0.25, 0.3) is 0 Å². The number of halogens is 1. The Morgan fingerprint density at radius 3 is 2.39 bits per heavy atom. The van der Waals surface area contributed by atoms with Gasteiger partial charge in [-0.05, 0) is 31.5 Å². The van der Waals surface area contributed by atoms with Crippen molar-refractivity contribution >= 4 is 24.0 Å². The molecule has 0 aliphatic carbocycles. The maximum atomic E-state index is 11.8. The van der Waals surface area contributed by atoms with Crippen molar-refractivity contribution < 1.29 is 9.53 Å². The number of nitrogens with two attached hydrogens (primary N) is 1. The van der Waals surface area contributed by atoms with Crippen molar-refractivity contribution in [1.29, 1.82) is 0 Å². The number of rotatable bonds is 5. The van der Waals surface area contributed by atoms with Gasteiger partial charge in [-0.3, -0.25) is 4.79 Å². The Hall–Kier alpha value is -1.26. The number of carbonyl (C=O) groups excluding carboxylic acids is 1. The summed E-state index contributed by atoms with van der Waals surface area (Å²) in [5, 5.41) is 2.93. The van der Waals surface area contributed by atoms with Crippen LogP contribution in [0, 0.1) is 0 Å². The first-order chi connectivity index (χ1) is 7.93. The molecule has 102 valence electrons. The summed E-state index contributed by atoms with van der Waals surface area (Å²) in [6, 6.07) is 7.31. The van der Waals surface area contributed by atoms with Gasteiger partial charge in [-0.25, -0.2) is 0 Å². The number of amides is 1. The van der Waals surface area contributed by atoms with Crippen molar-refractivity contribution in [3.63, 3.8) is 0 Å². The fraction of sp³-hybridized carbons (Fsp3) is 0.462. The molecule has 0 spiro atoms. The van der Waals surface area contributed by atoms with Crippen LogP contribution < -0.4 is 11.1 Å². The molecule has 1 aromatic carbocycles. The van der Waals surface area contributed by atoms with Gasteiger partial charge >= 0.3 is 0 Å². The van der Waals surface area contributed by atoms with E-state index in [0.717, 1.165) is 5.56 Å². The number of benzene rings is 1. The summed E-state index contributed by atoms with van der Waals surface area (Å²) in [7, 11) is 1.62. The van der Waals surface area contributed by atoms with Gasteiger partial charge in [-0.15, -0.1) is 12.4 Å². The van der Waals surface area contributed by atoms with Crippen LogP contribution >= 0.6 is 12.4 Å². The molecule has 0 aromatic heterocycles. The number of ether oxygens (including phenoxy) is 1. The van der Waals surface area contributed by atoms with Crippen LogP contribution in [0.5, 0.6) is 0 Å². The molecule has 0 saturated heterocycles. The predicted octanol–water partition coefficient (Wildman–Crippen LogP) is 1.77. The Labute approximate surface area is 114 Å². The van der Waals surface area contributed by atoms with E-state index < -0.39 is 0 Å². The summed E-state index contributed by atoms with van der Waals surface area (Å²) in [5.74, 6) is -0.0168. The van der Waals surface area contributed by atoms with Crippen LogP contribution in [0.15, 0.2) is 24.3 Å². The van der Waals surface area contributed by atoms with Crippen molar-refractivity contribution in [1.82, 2.24) is 5.32 Å². The zero-order valence-corrected chi connectivity index (χ0v) is 11.8. The summed E-state index contributed by atoms with van der Waals surface area (Å²) in [5.41, 5.74) is 6.89. The van der Waals surface area contributed by atoms with Gasteiger partial charge in [-0.2, -0.15) is 0 Å². The molecule has 0 bridgehead atoms. The molecule has 5 heteroatoms. The highest BCUT2D eigenvalue weighted by Gasteiger charge is 2.19. The van der Waals surface area contributed by atoms with Crippen LogP contribution in [-0.4, -0.2) is 25.2 Å². The number of nitrogen functional groups attached to an aromatic ring is 1. The van der Waals surface area contributed by atoms with Gasteiger partial charge in [0.15, 0.2) is 0 Å². The molecular formula is C13H21ClN2O2. The molecule has 1 amide bonds. The third kappa shape index (κ3) is 5.89. The topological polar surface area (TPSA) is 64.3 Å². The third-order valence-corrected chi connectivity index (χ3v) is 2.33. The summed E-state index contributed by atoms with van der Waals surface area (Å²) >= 11 is 0. The van der Waals surface area contributed by atoms with Crippen LogP contribution in [0.25, 0.3) is 0 Å². The van der Waals surface area contributed by atoms with Crippen molar-refractivity contribution in [3.8, 4) is 0 Å². The number of nitrogens with one attached hydrogen (secondary N) is 1.